The molecule has 6 heteroatoms. The molecule has 6 nitrogen and oxygen atoms in total. The molecule has 69 heavy (non-hydrogen) atoms. The van der Waals surface area contributed by atoms with Gasteiger partial charge in [0.1, 0.15) is 13.2 Å². The van der Waals surface area contributed by atoms with E-state index >= 15 is 0 Å². The molecule has 0 saturated heterocycles. The summed E-state index contributed by atoms with van der Waals surface area (Å²) in [4.78, 5) is 38.2. The van der Waals surface area contributed by atoms with E-state index in [-0.39, 0.29) is 37.5 Å². The number of allylic oxidation sites excluding steroid dienone is 14. The van der Waals surface area contributed by atoms with Crippen LogP contribution in [0.3, 0.4) is 0 Å². The van der Waals surface area contributed by atoms with Crippen molar-refractivity contribution in [3.05, 3.63) is 85.1 Å². The van der Waals surface area contributed by atoms with Crippen molar-refractivity contribution in [3.63, 3.8) is 0 Å². The predicted molar refractivity (Wildman–Crippen MR) is 297 cm³/mol. The molecule has 0 spiro atoms. The lowest BCUT2D eigenvalue weighted by molar-refractivity contribution is -0.167. The molecule has 0 rings (SSSR count). The molecule has 0 aliphatic rings. The van der Waals surface area contributed by atoms with E-state index in [1.807, 2.05) is 0 Å². The highest BCUT2D eigenvalue weighted by molar-refractivity contribution is 5.71. The van der Waals surface area contributed by atoms with Gasteiger partial charge in [0.25, 0.3) is 0 Å². The molecule has 0 aliphatic carbocycles. The topological polar surface area (TPSA) is 78.9 Å². The van der Waals surface area contributed by atoms with Crippen LogP contribution in [0.5, 0.6) is 0 Å². The van der Waals surface area contributed by atoms with E-state index < -0.39 is 6.10 Å². The van der Waals surface area contributed by atoms with Crippen LogP contribution < -0.4 is 0 Å². The monoisotopic (exact) mass is 961 g/mol. The fourth-order valence-electron chi connectivity index (χ4n) is 8.00. The van der Waals surface area contributed by atoms with Gasteiger partial charge in [-0.05, 0) is 109 Å². The van der Waals surface area contributed by atoms with Gasteiger partial charge in [0.15, 0.2) is 6.10 Å². The summed E-state index contributed by atoms with van der Waals surface area (Å²) in [5, 5.41) is 0. The van der Waals surface area contributed by atoms with Gasteiger partial charge in [0.2, 0.25) is 0 Å². The molecule has 0 aliphatic heterocycles. The van der Waals surface area contributed by atoms with Crippen LogP contribution in [0.15, 0.2) is 85.1 Å². The van der Waals surface area contributed by atoms with Gasteiger partial charge in [-0.1, -0.05) is 234 Å². The van der Waals surface area contributed by atoms with Gasteiger partial charge in [-0.15, -0.1) is 0 Å². The van der Waals surface area contributed by atoms with Crippen LogP contribution in [0.4, 0.5) is 0 Å². The van der Waals surface area contributed by atoms with Crippen LogP contribution in [0.2, 0.25) is 0 Å². The zero-order valence-electron chi connectivity index (χ0n) is 45.3. The lowest BCUT2D eigenvalue weighted by Gasteiger charge is -2.18. The Kier molecular flexibility index (Phi) is 54.3. The number of esters is 3. The second kappa shape index (κ2) is 57.2. The minimum atomic E-state index is -0.810. The van der Waals surface area contributed by atoms with Crippen molar-refractivity contribution >= 4 is 17.9 Å². The first-order chi connectivity index (χ1) is 34.0. The summed E-state index contributed by atoms with van der Waals surface area (Å²) in [5.41, 5.74) is 0. The number of carbonyl (C=O) groups excluding carboxylic acids is 3. The van der Waals surface area contributed by atoms with Crippen molar-refractivity contribution in [2.75, 3.05) is 13.2 Å². The third kappa shape index (κ3) is 55.4. The van der Waals surface area contributed by atoms with Crippen molar-refractivity contribution in [2.24, 2.45) is 0 Å². The number of ether oxygens (including phenoxy) is 3. The Morgan fingerprint density at radius 3 is 0.957 bits per heavy atom. The molecule has 0 aromatic rings. The molecule has 1 unspecified atom stereocenters. The summed E-state index contributed by atoms with van der Waals surface area (Å²) >= 11 is 0. The first-order valence-corrected chi connectivity index (χ1v) is 29.1. The Morgan fingerprint density at radius 2 is 0.580 bits per heavy atom. The smallest absolute Gasteiger partial charge is 0.306 e. The van der Waals surface area contributed by atoms with E-state index in [0.717, 1.165) is 77.0 Å². The zero-order valence-corrected chi connectivity index (χ0v) is 45.3. The van der Waals surface area contributed by atoms with Gasteiger partial charge in [-0.2, -0.15) is 0 Å². The maximum Gasteiger partial charge on any atom is 0.306 e. The maximum absolute atomic E-state index is 12.8. The maximum atomic E-state index is 12.8. The highest BCUT2D eigenvalue weighted by Crippen LogP contribution is 2.15. The zero-order chi connectivity index (χ0) is 50.0. The molecule has 0 radical (unpaired) electrons. The standard InChI is InChI=1S/C63H108O6/c1-4-7-10-13-16-19-22-25-28-30-31-33-35-38-41-44-47-50-53-56-62(65)68-59-60(58-67-61(64)55-52-49-46-43-40-37-34-27-24-21-18-15-12-9-6-3)69-63(66)57-54-51-48-45-42-39-36-32-29-26-23-20-17-14-11-8-5-2/h8,11,17,20-21,24,26,29-31,36,39,45,48,60H,4-7,9-10,12-16,18-19,22-23,25,27-28,32-35,37-38,40-44,46-47,49-59H2,1-3H3/b11-8-,20-17-,24-21-,29-26-,31-30-,39-36-,48-45-. The summed E-state index contributed by atoms with van der Waals surface area (Å²) in [7, 11) is 0. The Hall–Kier alpha value is -3.41. The lowest BCUT2D eigenvalue weighted by Crippen LogP contribution is -2.30. The number of hydrogen-bond acceptors (Lipinski definition) is 6. The minimum absolute atomic E-state index is 0.102. The molecular formula is C63H108O6. The minimum Gasteiger partial charge on any atom is -0.462 e. The fraction of sp³-hybridized carbons (Fsp3) is 0.730. The third-order valence-electron chi connectivity index (χ3n) is 12.4. The number of hydrogen-bond donors (Lipinski definition) is 0. The normalized spacial score (nSPS) is 12.7. The number of rotatable bonds is 52. The summed E-state index contributed by atoms with van der Waals surface area (Å²) in [6.07, 6.45) is 74.4. The Balaban J connectivity index is 4.46. The van der Waals surface area contributed by atoms with Crippen LogP contribution in [-0.4, -0.2) is 37.2 Å². The Labute approximate surface area is 426 Å². The molecular weight excluding hydrogens is 853 g/mol. The average molecular weight is 962 g/mol. The molecule has 0 saturated carbocycles. The van der Waals surface area contributed by atoms with E-state index in [4.69, 9.17) is 14.2 Å². The van der Waals surface area contributed by atoms with Gasteiger partial charge in [0.05, 0.1) is 0 Å². The van der Waals surface area contributed by atoms with E-state index in [0.29, 0.717) is 19.3 Å². The van der Waals surface area contributed by atoms with Crippen molar-refractivity contribution in [1.82, 2.24) is 0 Å². The van der Waals surface area contributed by atoms with Crippen molar-refractivity contribution < 1.29 is 28.6 Å². The molecule has 0 N–H and O–H groups in total. The highest BCUT2D eigenvalue weighted by atomic mass is 16.6. The molecule has 0 amide bonds. The van der Waals surface area contributed by atoms with Crippen molar-refractivity contribution in [1.29, 1.82) is 0 Å². The van der Waals surface area contributed by atoms with Gasteiger partial charge in [-0.25, -0.2) is 0 Å². The van der Waals surface area contributed by atoms with E-state index in [9.17, 15) is 14.4 Å². The van der Waals surface area contributed by atoms with Crippen molar-refractivity contribution in [3.8, 4) is 0 Å². The molecule has 0 heterocycles. The fourth-order valence-corrected chi connectivity index (χ4v) is 8.00. The van der Waals surface area contributed by atoms with Crippen molar-refractivity contribution in [2.45, 2.75) is 284 Å². The van der Waals surface area contributed by atoms with Crippen LogP contribution in [0.1, 0.15) is 278 Å². The number of carbonyl (C=O) groups is 3. The molecule has 1 atom stereocenters. The van der Waals surface area contributed by atoms with E-state index in [1.54, 1.807) is 0 Å². The Bertz CT molecular complexity index is 1330. The first-order valence-electron chi connectivity index (χ1n) is 29.1. The van der Waals surface area contributed by atoms with Gasteiger partial charge in [0, 0.05) is 19.3 Å². The van der Waals surface area contributed by atoms with Crippen LogP contribution >= 0.6 is 0 Å². The SMILES string of the molecule is CC/C=C\C/C=C\C/C=C\C/C=C\C/C=C\CCCC(=O)OC(COC(=O)CCCCCCCCC/C=C\CCCCCC)COC(=O)CCCCCCCCC/C=C\CCCCCCCCCC. The van der Waals surface area contributed by atoms with Gasteiger partial charge >= 0.3 is 17.9 Å². The molecule has 0 fully saturated rings. The largest absolute Gasteiger partial charge is 0.462 e. The second-order valence-electron chi connectivity index (χ2n) is 19.2. The molecule has 0 bridgehead atoms. The lowest BCUT2D eigenvalue weighted by atomic mass is 10.1. The molecule has 0 aromatic carbocycles. The summed E-state index contributed by atoms with van der Waals surface area (Å²) in [5.74, 6) is -0.964. The molecule has 0 aromatic heterocycles. The summed E-state index contributed by atoms with van der Waals surface area (Å²) in [6, 6.07) is 0. The summed E-state index contributed by atoms with van der Waals surface area (Å²) < 4.78 is 16.8. The first kappa shape index (κ1) is 65.6. The molecule has 396 valence electrons. The van der Waals surface area contributed by atoms with E-state index in [1.165, 1.54) is 154 Å². The predicted octanol–water partition coefficient (Wildman–Crippen LogP) is 19.5. The van der Waals surface area contributed by atoms with Crippen LogP contribution in [-0.2, 0) is 28.6 Å². The van der Waals surface area contributed by atoms with Crippen LogP contribution in [0, 0.1) is 0 Å². The van der Waals surface area contributed by atoms with Gasteiger partial charge in [-0.3, -0.25) is 14.4 Å². The summed E-state index contributed by atoms with van der Waals surface area (Å²) in [6.45, 7) is 6.47. The Morgan fingerprint density at radius 1 is 0.304 bits per heavy atom. The highest BCUT2D eigenvalue weighted by Gasteiger charge is 2.19. The average Bonchev–Trinajstić information content (AvgIpc) is 3.35. The second-order valence-corrected chi connectivity index (χ2v) is 19.2. The third-order valence-corrected chi connectivity index (χ3v) is 12.4. The van der Waals surface area contributed by atoms with Gasteiger partial charge < -0.3 is 14.2 Å². The van der Waals surface area contributed by atoms with E-state index in [2.05, 4.69) is 106 Å². The number of unbranched alkanes of at least 4 members (excludes halogenated alkanes) is 27. The van der Waals surface area contributed by atoms with Crippen LogP contribution in [0.25, 0.3) is 0 Å². The quantitative estimate of drug-likeness (QED) is 0.0262.